The molecule has 4 aromatic rings. The molecule has 2 nitrogen and oxygen atoms in total. The van der Waals surface area contributed by atoms with E-state index in [1.165, 1.54) is 44.8 Å². The molecule has 2 heterocycles. The van der Waals surface area contributed by atoms with Gasteiger partial charge in [-0.25, -0.2) is 0 Å². The van der Waals surface area contributed by atoms with E-state index in [9.17, 15) is 0 Å². The number of benzene rings is 2. The predicted octanol–water partition coefficient (Wildman–Crippen LogP) is 7.94. The average molecular weight is 475 g/mol. The number of fused-ring (bicyclic) bond motifs is 4. The second kappa shape index (κ2) is 10.8. The van der Waals surface area contributed by atoms with E-state index >= 15 is 0 Å². The first kappa shape index (κ1) is 24.4. The van der Waals surface area contributed by atoms with Crippen molar-refractivity contribution in [3.63, 3.8) is 0 Å². The summed E-state index contributed by atoms with van der Waals surface area (Å²) in [6.45, 7) is 9.19. The molecule has 0 saturated carbocycles. The monoisotopic (exact) mass is 474 g/mol. The Morgan fingerprint density at radius 1 is 0.500 bits per heavy atom. The van der Waals surface area contributed by atoms with Crippen molar-refractivity contribution in [1.82, 2.24) is 9.97 Å². The number of hydrogen-bond donors (Lipinski definition) is 0. The van der Waals surface area contributed by atoms with Gasteiger partial charge in [0.05, 0.1) is 11.4 Å². The summed E-state index contributed by atoms with van der Waals surface area (Å²) in [5.74, 6) is 2.05. The van der Waals surface area contributed by atoms with Crippen molar-refractivity contribution in [1.29, 1.82) is 0 Å². The minimum absolute atomic E-state index is 0.444. The molecule has 0 N–H and O–H groups in total. The first-order valence-corrected chi connectivity index (χ1v) is 13.6. The van der Waals surface area contributed by atoms with Gasteiger partial charge in [0, 0.05) is 24.2 Å². The molecule has 184 valence electrons. The van der Waals surface area contributed by atoms with Crippen LogP contribution in [0.25, 0.3) is 0 Å². The molecule has 0 amide bonds. The van der Waals surface area contributed by atoms with Gasteiger partial charge in [-0.05, 0) is 83.0 Å². The van der Waals surface area contributed by atoms with Gasteiger partial charge in [-0.1, -0.05) is 88.4 Å². The number of rotatable bonds is 2. The fourth-order valence-corrected chi connectivity index (χ4v) is 6.20. The Balaban J connectivity index is 0.000000148. The van der Waals surface area contributed by atoms with E-state index in [-0.39, 0.29) is 0 Å². The van der Waals surface area contributed by atoms with Gasteiger partial charge in [0.2, 0.25) is 0 Å². The van der Waals surface area contributed by atoms with Crippen molar-refractivity contribution in [3.05, 3.63) is 130 Å². The summed E-state index contributed by atoms with van der Waals surface area (Å²) in [5, 5.41) is 0. The van der Waals surface area contributed by atoms with E-state index in [1.807, 2.05) is 12.4 Å². The van der Waals surface area contributed by atoms with Crippen molar-refractivity contribution in [2.45, 2.75) is 65.2 Å². The van der Waals surface area contributed by atoms with Crippen molar-refractivity contribution in [2.24, 2.45) is 11.8 Å². The minimum atomic E-state index is 0.444. The third-order valence-electron chi connectivity index (χ3n) is 7.88. The van der Waals surface area contributed by atoms with E-state index < -0.39 is 0 Å². The number of pyridine rings is 2. The van der Waals surface area contributed by atoms with Gasteiger partial charge in [-0.2, -0.15) is 0 Å². The molecule has 2 aromatic heterocycles. The largest absolute Gasteiger partial charge is 0.260 e. The summed E-state index contributed by atoms with van der Waals surface area (Å²) in [7, 11) is 0. The molecule has 0 aliphatic heterocycles. The van der Waals surface area contributed by atoms with Crippen LogP contribution in [0.3, 0.4) is 0 Å². The molecule has 0 fully saturated rings. The van der Waals surface area contributed by atoms with Crippen molar-refractivity contribution >= 4 is 0 Å². The Bertz CT molecular complexity index is 1120. The predicted molar refractivity (Wildman–Crippen MR) is 150 cm³/mol. The summed E-state index contributed by atoms with van der Waals surface area (Å²) >= 11 is 0. The molecule has 2 atom stereocenters. The average Bonchev–Trinajstić information content (AvgIpc) is 3.17. The Kier molecular flexibility index (Phi) is 7.32. The third kappa shape index (κ3) is 4.87. The summed E-state index contributed by atoms with van der Waals surface area (Å²) in [6, 6.07) is 26.3. The maximum atomic E-state index is 4.68. The lowest BCUT2D eigenvalue weighted by Crippen LogP contribution is -2.12. The van der Waals surface area contributed by atoms with Crippen LogP contribution in [-0.4, -0.2) is 9.97 Å². The zero-order valence-electron chi connectivity index (χ0n) is 22.1. The fraction of sp³-hybridized carbons (Fsp3) is 0.353. The van der Waals surface area contributed by atoms with E-state index in [0.29, 0.717) is 23.7 Å². The molecular formula is C34H38N2. The molecule has 0 unspecified atom stereocenters. The molecular weight excluding hydrogens is 436 g/mol. The summed E-state index contributed by atoms with van der Waals surface area (Å²) in [6.07, 6.45) is 8.37. The Labute approximate surface area is 216 Å². The van der Waals surface area contributed by atoms with Crippen LogP contribution in [0.2, 0.25) is 0 Å². The van der Waals surface area contributed by atoms with Gasteiger partial charge in [0.25, 0.3) is 0 Å². The van der Waals surface area contributed by atoms with E-state index in [0.717, 1.165) is 25.7 Å². The van der Waals surface area contributed by atoms with E-state index in [1.54, 1.807) is 0 Å². The highest BCUT2D eigenvalue weighted by Crippen LogP contribution is 2.38. The van der Waals surface area contributed by atoms with Gasteiger partial charge >= 0.3 is 0 Å². The molecule has 0 spiro atoms. The van der Waals surface area contributed by atoms with Gasteiger partial charge in [0.15, 0.2) is 0 Å². The Morgan fingerprint density at radius 3 is 1.28 bits per heavy atom. The van der Waals surface area contributed by atoms with Crippen molar-refractivity contribution in [2.75, 3.05) is 0 Å². The topological polar surface area (TPSA) is 25.8 Å². The molecule has 0 radical (unpaired) electrons. The smallest absolute Gasteiger partial charge is 0.0513 e. The van der Waals surface area contributed by atoms with Crippen molar-refractivity contribution in [3.8, 4) is 0 Å². The SMILES string of the molecule is CC(C)[C@@H]1c2ccccc2CCc2cccnc21.CC(C)[C@H]1c2ccccc2CCc2cccnc21. The molecule has 2 aliphatic carbocycles. The maximum Gasteiger partial charge on any atom is 0.0513 e. The van der Waals surface area contributed by atoms with Crippen LogP contribution in [0.15, 0.2) is 85.2 Å². The second-order valence-corrected chi connectivity index (χ2v) is 10.9. The van der Waals surface area contributed by atoms with Crippen LogP contribution < -0.4 is 0 Å². The van der Waals surface area contributed by atoms with Crippen LogP contribution in [0, 0.1) is 11.8 Å². The van der Waals surface area contributed by atoms with Crippen molar-refractivity contribution < 1.29 is 0 Å². The molecule has 2 heteroatoms. The lowest BCUT2D eigenvalue weighted by atomic mass is 9.83. The highest BCUT2D eigenvalue weighted by molar-refractivity contribution is 5.43. The van der Waals surface area contributed by atoms with E-state index in [4.69, 9.17) is 0 Å². The fourth-order valence-electron chi connectivity index (χ4n) is 6.20. The zero-order chi connectivity index (χ0) is 25.1. The van der Waals surface area contributed by atoms with Crippen LogP contribution in [0.5, 0.6) is 0 Å². The minimum Gasteiger partial charge on any atom is -0.260 e. The van der Waals surface area contributed by atoms with Gasteiger partial charge in [-0.3, -0.25) is 9.97 Å². The zero-order valence-corrected chi connectivity index (χ0v) is 22.1. The normalized spacial score (nSPS) is 18.1. The lowest BCUT2D eigenvalue weighted by Gasteiger charge is -2.22. The number of hydrogen-bond acceptors (Lipinski definition) is 2. The maximum absolute atomic E-state index is 4.68. The summed E-state index contributed by atoms with van der Waals surface area (Å²) in [5.41, 5.74) is 11.4. The first-order valence-electron chi connectivity index (χ1n) is 13.6. The molecule has 2 aliphatic rings. The summed E-state index contributed by atoms with van der Waals surface area (Å²) in [4.78, 5) is 9.36. The quantitative estimate of drug-likeness (QED) is 0.295. The van der Waals surface area contributed by atoms with E-state index in [2.05, 4.69) is 110 Å². The molecule has 0 saturated heterocycles. The molecule has 0 bridgehead atoms. The van der Waals surface area contributed by atoms with Gasteiger partial charge < -0.3 is 0 Å². The lowest BCUT2D eigenvalue weighted by molar-refractivity contribution is 0.550. The van der Waals surface area contributed by atoms with Gasteiger partial charge in [0.1, 0.15) is 0 Å². The highest BCUT2D eigenvalue weighted by Gasteiger charge is 2.27. The number of aromatic nitrogens is 2. The Morgan fingerprint density at radius 2 is 0.861 bits per heavy atom. The standard InChI is InChI=1S/2C17H19N/c2*1-12(2)16-15-8-4-3-6-13(15)9-10-14-7-5-11-18-17(14)16/h2*3-8,11-12,16H,9-10H2,1-2H3/t2*16-/m10/s1. The number of nitrogens with zero attached hydrogens (tertiary/aromatic N) is 2. The van der Waals surface area contributed by atoms with Crippen LogP contribution in [0.1, 0.15) is 84.3 Å². The third-order valence-corrected chi connectivity index (χ3v) is 7.88. The molecule has 2 aromatic carbocycles. The highest BCUT2D eigenvalue weighted by atomic mass is 14.7. The second-order valence-electron chi connectivity index (χ2n) is 10.9. The molecule has 6 rings (SSSR count). The number of aryl methyl sites for hydroxylation is 4. The first-order chi connectivity index (χ1) is 17.5. The molecule has 36 heavy (non-hydrogen) atoms. The van der Waals surface area contributed by atoms with Crippen LogP contribution in [-0.2, 0) is 25.7 Å². The van der Waals surface area contributed by atoms with Crippen LogP contribution >= 0.6 is 0 Å². The summed E-state index contributed by atoms with van der Waals surface area (Å²) < 4.78 is 0. The van der Waals surface area contributed by atoms with Crippen LogP contribution in [0.4, 0.5) is 0 Å². The van der Waals surface area contributed by atoms with Gasteiger partial charge in [-0.15, -0.1) is 0 Å². The Hall–Kier alpha value is -3.26.